The molecule has 6 heteroatoms. The van der Waals surface area contributed by atoms with E-state index in [1.54, 1.807) is 12.4 Å². The van der Waals surface area contributed by atoms with Gasteiger partial charge in [-0.25, -0.2) is 4.98 Å². The molecule has 0 radical (unpaired) electrons. The number of anilines is 1. The molecule has 2 N–H and O–H groups in total. The summed E-state index contributed by atoms with van der Waals surface area (Å²) in [7, 11) is 0. The highest BCUT2D eigenvalue weighted by Gasteiger charge is 2.05. The molecule has 2 rings (SSSR count). The lowest BCUT2D eigenvalue weighted by atomic mass is 10.2. The van der Waals surface area contributed by atoms with Crippen molar-refractivity contribution in [1.82, 2.24) is 19.9 Å². The van der Waals surface area contributed by atoms with Gasteiger partial charge in [0.15, 0.2) is 0 Å². The molecule has 19 heavy (non-hydrogen) atoms. The van der Waals surface area contributed by atoms with E-state index in [2.05, 4.69) is 25.3 Å². The summed E-state index contributed by atoms with van der Waals surface area (Å²) in [6.07, 6.45) is 3.42. The number of nitrogens with zero attached hydrogens (tertiary/aromatic N) is 3. The van der Waals surface area contributed by atoms with E-state index in [1.807, 2.05) is 20.8 Å². The number of aromatic nitrogens is 4. The highest BCUT2D eigenvalue weighted by molar-refractivity contribution is 5.33. The zero-order valence-electron chi connectivity index (χ0n) is 11.3. The van der Waals surface area contributed by atoms with Gasteiger partial charge in [-0.15, -0.1) is 0 Å². The van der Waals surface area contributed by atoms with Crippen LogP contribution in [0.1, 0.15) is 37.0 Å². The Morgan fingerprint density at radius 3 is 2.74 bits per heavy atom. The van der Waals surface area contributed by atoms with Crippen LogP contribution in [-0.2, 0) is 6.54 Å². The predicted octanol–water partition coefficient (Wildman–Crippen LogP) is 1.60. The zero-order chi connectivity index (χ0) is 13.8. The number of hydrogen-bond acceptors (Lipinski definition) is 5. The van der Waals surface area contributed by atoms with E-state index in [4.69, 9.17) is 0 Å². The molecule has 100 valence electrons. The normalized spacial score (nSPS) is 10.7. The van der Waals surface area contributed by atoms with Crippen LogP contribution in [0.2, 0.25) is 0 Å². The smallest absolute Gasteiger partial charge is 0.252 e. The summed E-state index contributed by atoms with van der Waals surface area (Å²) in [4.78, 5) is 27.0. The minimum atomic E-state index is -0.156. The summed E-state index contributed by atoms with van der Waals surface area (Å²) < 4.78 is 0. The summed E-state index contributed by atoms with van der Waals surface area (Å²) in [5.74, 6) is 1.40. The van der Waals surface area contributed by atoms with Gasteiger partial charge in [0.25, 0.3) is 5.56 Å². The lowest BCUT2D eigenvalue weighted by molar-refractivity contribution is 0.766. The van der Waals surface area contributed by atoms with Crippen molar-refractivity contribution in [2.45, 2.75) is 33.2 Å². The van der Waals surface area contributed by atoms with Crippen molar-refractivity contribution in [3.05, 3.63) is 46.0 Å². The molecule has 0 aliphatic carbocycles. The summed E-state index contributed by atoms with van der Waals surface area (Å²) in [5, 5.41) is 3.08. The van der Waals surface area contributed by atoms with Gasteiger partial charge in [0, 0.05) is 18.2 Å². The summed E-state index contributed by atoms with van der Waals surface area (Å²) in [6.45, 7) is 6.33. The highest BCUT2D eigenvalue weighted by atomic mass is 16.1. The van der Waals surface area contributed by atoms with E-state index in [9.17, 15) is 4.79 Å². The Hall–Kier alpha value is -2.24. The molecule has 2 heterocycles. The molecule has 0 aliphatic rings. The van der Waals surface area contributed by atoms with Gasteiger partial charge in [-0.2, -0.15) is 0 Å². The fourth-order valence-electron chi connectivity index (χ4n) is 1.53. The maximum atomic E-state index is 11.5. The molecule has 6 nitrogen and oxygen atoms in total. The predicted molar refractivity (Wildman–Crippen MR) is 73.0 cm³/mol. The molecule has 0 saturated heterocycles. The maximum Gasteiger partial charge on any atom is 0.252 e. The van der Waals surface area contributed by atoms with Crippen LogP contribution in [0.5, 0.6) is 0 Å². The fourth-order valence-corrected chi connectivity index (χ4v) is 1.53. The lowest BCUT2D eigenvalue weighted by Gasteiger charge is -2.08. The number of aryl methyl sites for hydroxylation is 1. The standard InChI is InChI=1S/C13H17N5O/c1-8(2)13-17-11(4-12(19)18-13)16-7-10-6-14-9(3)5-15-10/h4-6,8H,7H2,1-3H3,(H2,16,17,18,19). The number of H-pyrrole nitrogens is 1. The topological polar surface area (TPSA) is 83.6 Å². The Balaban J connectivity index is 2.11. The molecule has 0 bridgehead atoms. The van der Waals surface area contributed by atoms with Gasteiger partial charge >= 0.3 is 0 Å². The summed E-state index contributed by atoms with van der Waals surface area (Å²) in [5.41, 5.74) is 1.52. The molecule has 0 aliphatic heterocycles. The minimum absolute atomic E-state index is 0.156. The molecule has 0 aromatic carbocycles. The molecular formula is C13H17N5O. The van der Waals surface area contributed by atoms with Crippen LogP contribution in [-0.4, -0.2) is 19.9 Å². The Morgan fingerprint density at radius 1 is 1.32 bits per heavy atom. The molecular weight excluding hydrogens is 242 g/mol. The first-order chi connectivity index (χ1) is 9.04. The monoisotopic (exact) mass is 259 g/mol. The number of rotatable bonds is 4. The van der Waals surface area contributed by atoms with Crippen LogP contribution < -0.4 is 10.9 Å². The zero-order valence-corrected chi connectivity index (χ0v) is 11.3. The second-order valence-electron chi connectivity index (χ2n) is 4.67. The number of hydrogen-bond donors (Lipinski definition) is 2. The molecule has 0 saturated carbocycles. The SMILES string of the molecule is Cc1cnc(CNc2cc(=O)[nH]c(C(C)C)n2)cn1. The number of aromatic amines is 1. The van der Waals surface area contributed by atoms with E-state index >= 15 is 0 Å². The third kappa shape index (κ3) is 3.61. The highest BCUT2D eigenvalue weighted by Crippen LogP contribution is 2.09. The van der Waals surface area contributed by atoms with Gasteiger partial charge in [0.2, 0.25) is 0 Å². The van der Waals surface area contributed by atoms with Gasteiger partial charge in [0.1, 0.15) is 11.6 Å². The van der Waals surface area contributed by atoms with Crippen LogP contribution in [0.25, 0.3) is 0 Å². The first-order valence-electron chi connectivity index (χ1n) is 6.17. The summed E-state index contributed by atoms with van der Waals surface area (Å²) >= 11 is 0. The van der Waals surface area contributed by atoms with Crippen molar-refractivity contribution in [2.75, 3.05) is 5.32 Å². The third-order valence-corrected chi connectivity index (χ3v) is 2.59. The second-order valence-corrected chi connectivity index (χ2v) is 4.67. The molecule has 0 amide bonds. The van der Waals surface area contributed by atoms with Crippen molar-refractivity contribution >= 4 is 5.82 Å². The third-order valence-electron chi connectivity index (χ3n) is 2.59. The summed E-state index contributed by atoms with van der Waals surface area (Å²) in [6, 6.07) is 1.44. The molecule has 0 unspecified atom stereocenters. The first kappa shape index (κ1) is 13.2. The molecule has 0 fully saturated rings. The number of nitrogens with one attached hydrogen (secondary N) is 2. The van der Waals surface area contributed by atoms with Gasteiger partial charge in [-0.1, -0.05) is 13.8 Å². The van der Waals surface area contributed by atoms with Gasteiger partial charge in [-0.05, 0) is 6.92 Å². The molecule has 2 aromatic heterocycles. The van der Waals surface area contributed by atoms with E-state index in [0.29, 0.717) is 18.2 Å². The van der Waals surface area contributed by atoms with E-state index in [-0.39, 0.29) is 11.5 Å². The van der Waals surface area contributed by atoms with Crippen molar-refractivity contribution in [3.63, 3.8) is 0 Å². The van der Waals surface area contributed by atoms with Crippen LogP contribution >= 0.6 is 0 Å². The van der Waals surface area contributed by atoms with Crippen molar-refractivity contribution < 1.29 is 0 Å². The van der Waals surface area contributed by atoms with Crippen molar-refractivity contribution in [2.24, 2.45) is 0 Å². The quantitative estimate of drug-likeness (QED) is 0.871. The van der Waals surface area contributed by atoms with Gasteiger partial charge in [0.05, 0.1) is 24.1 Å². The Labute approximate surface area is 111 Å². The van der Waals surface area contributed by atoms with Gasteiger partial charge < -0.3 is 10.3 Å². The average molecular weight is 259 g/mol. The average Bonchev–Trinajstić information content (AvgIpc) is 2.37. The van der Waals surface area contributed by atoms with Crippen LogP contribution in [0, 0.1) is 6.92 Å². The van der Waals surface area contributed by atoms with Crippen molar-refractivity contribution in [1.29, 1.82) is 0 Å². The second kappa shape index (κ2) is 5.60. The lowest BCUT2D eigenvalue weighted by Crippen LogP contribution is -2.14. The molecule has 2 aromatic rings. The Morgan fingerprint density at radius 2 is 2.11 bits per heavy atom. The van der Waals surface area contributed by atoms with E-state index in [1.165, 1.54) is 6.07 Å². The van der Waals surface area contributed by atoms with Crippen LogP contribution in [0.15, 0.2) is 23.3 Å². The molecule has 0 spiro atoms. The molecule has 0 atom stereocenters. The van der Waals surface area contributed by atoms with Crippen molar-refractivity contribution in [3.8, 4) is 0 Å². The van der Waals surface area contributed by atoms with Crippen LogP contribution in [0.3, 0.4) is 0 Å². The fraction of sp³-hybridized carbons (Fsp3) is 0.385. The first-order valence-corrected chi connectivity index (χ1v) is 6.17. The van der Waals surface area contributed by atoms with Crippen LogP contribution in [0.4, 0.5) is 5.82 Å². The van der Waals surface area contributed by atoms with E-state index < -0.39 is 0 Å². The Kier molecular flexibility index (Phi) is 3.89. The minimum Gasteiger partial charge on any atom is -0.364 e. The largest absolute Gasteiger partial charge is 0.364 e. The van der Waals surface area contributed by atoms with E-state index in [0.717, 1.165) is 11.4 Å². The van der Waals surface area contributed by atoms with Gasteiger partial charge in [-0.3, -0.25) is 14.8 Å². The maximum absolute atomic E-state index is 11.5. The Bertz CT molecular complexity index is 603.